The summed E-state index contributed by atoms with van der Waals surface area (Å²) in [7, 11) is 0. The molecule has 1 aromatic rings. The number of aryl methyl sites for hydroxylation is 1. The van der Waals surface area contributed by atoms with Crippen LogP contribution in [0.4, 0.5) is 0 Å². The Labute approximate surface area is 103 Å². The number of rotatable bonds is 4. The normalized spacial score (nSPS) is 14.5. The first-order chi connectivity index (χ1) is 8.29. The summed E-state index contributed by atoms with van der Waals surface area (Å²) in [6.45, 7) is 7.23. The van der Waals surface area contributed by atoms with Crippen LogP contribution in [0.2, 0.25) is 0 Å². The zero-order valence-corrected chi connectivity index (χ0v) is 10.5. The molecular formula is C15H20O2. The molecule has 92 valence electrons. The van der Waals surface area contributed by atoms with Crippen LogP contribution in [0.5, 0.6) is 11.5 Å². The zero-order valence-electron chi connectivity index (χ0n) is 10.5. The Morgan fingerprint density at radius 3 is 2.65 bits per heavy atom. The van der Waals surface area contributed by atoms with Crippen LogP contribution in [0.1, 0.15) is 31.7 Å². The Morgan fingerprint density at radius 1 is 1.12 bits per heavy atom. The van der Waals surface area contributed by atoms with Gasteiger partial charge >= 0.3 is 0 Å². The maximum absolute atomic E-state index is 5.68. The first-order valence-electron chi connectivity index (χ1n) is 6.34. The lowest BCUT2D eigenvalue weighted by molar-refractivity contribution is 0.354. The van der Waals surface area contributed by atoms with Gasteiger partial charge in [0.15, 0.2) is 11.5 Å². The molecule has 0 atom stereocenters. The average Bonchev–Trinajstić information content (AvgIpc) is 2.52. The first-order valence-corrected chi connectivity index (χ1v) is 6.34. The molecule has 0 saturated heterocycles. The maximum Gasteiger partial charge on any atom is 0.161 e. The molecule has 0 saturated carbocycles. The first kappa shape index (κ1) is 12.0. The van der Waals surface area contributed by atoms with Gasteiger partial charge in [-0.1, -0.05) is 32.4 Å². The van der Waals surface area contributed by atoms with Crippen LogP contribution in [0.3, 0.4) is 0 Å². The van der Waals surface area contributed by atoms with E-state index < -0.39 is 0 Å². The highest BCUT2D eigenvalue weighted by Crippen LogP contribution is 2.31. The van der Waals surface area contributed by atoms with Gasteiger partial charge in [0.1, 0.15) is 13.2 Å². The van der Waals surface area contributed by atoms with Gasteiger partial charge in [-0.05, 0) is 36.1 Å². The number of unbranched alkanes of at least 4 members (excludes halogenated alkanes) is 2. The second-order valence-electron chi connectivity index (χ2n) is 4.57. The summed E-state index contributed by atoms with van der Waals surface area (Å²) in [5.74, 6) is 1.69. The van der Waals surface area contributed by atoms with Crippen LogP contribution < -0.4 is 9.47 Å². The number of hydrogen-bond acceptors (Lipinski definition) is 2. The second kappa shape index (κ2) is 5.76. The van der Waals surface area contributed by atoms with Crippen molar-refractivity contribution in [3.63, 3.8) is 0 Å². The van der Waals surface area contributed by atoms with E-state index in [0.29, 0.717) is 13.2 Å². The molecule has 2 heteroatoms. The minimum atomic E-state index is 0.558. The van der Waals surface area contributed by atoms with Gasteiger partial charge in [-0.2, -0.15) is 0 Å². The van der Waals surface area contributed by atoms with Crippen molar-refractivity contribution in [3.05, 3.63) is 35.9 Å². The molecule has 1 aromatic carbocycles. The monoisotopic (exact) mass is 232 g/mol. The highest BCUT2D eigenvalue weighted by molar-refractivity contribution is 5.44. The van der Waals surface area contributed by atoms with Crippen molar-refractivity contribution in [2.75, 3.05) is 13.2 Å². The van der Waals surface area contributed by atoms with Crippen molar-refractivity contribution in [3.8, 4) is 11.5 Å². The molecule has 1 aliphatic heterocycles. The predicted octanol–water partition coefficient (Wildman–Crippen LogP) is 3.75. The molecule has 0 amide bonds. The van der Waals surface area contributed by atoms with E-state index in [1.165, 1.54) is 24.8 Å². The summed E-state index contributed by atoms with van der Waals surface area (Å²) < 4.78 is 11.3. The van der Waals surface area contributed by atoms with Crippen LogP contribution in [0, 0.1) is 0 Å². The highest BCUT2D eigenvalue weighted by atomic mass is 16.5. The average molecular weight is 232 g/mol. The number of fused-ring (bicyclic) bond motifs is 1. The lowest BCUT2D eigenvalue weighted by Crippen LogP contribution is -2.02. The summed E-state index contributed by atoms with van der Waals surface area (Å²) in [6, 6.07) is 6.24. The molecule has 2 nitrogen and oxygen atoms in total. The van der Waals surface area contributed by atoms with Crippen molar-refractivity contribution in [1.29, 1.82) is 0 Å². The Balaban J connectivity index is 2.05. The molecule has 1 aliphatic rings. The molecule has 0 aromatic heterocycles. The van der Waals surface area contributed by atoms with Gasteiger partial charge in [0.05, 0.1) is 0 Å². The van der Waals surface area contributed by atoms with Crippen LogP contribution >= 0.6 is 0 Å². The van der Waals surface area contributed by atoms with E-state index in [4.69, 9.17) is 9.47 Å². The van der Waals surface area contributed by atoms with Crippen LogP contribution in [0.25, 0.3) is 0 Å². The third-order valence-corrected chi connectivity index (χ3v) is 2.94. The van der Waals surface area contributed by atoms with Crippen LogP contribution in [-0.2, 0) is 6.42 Å². The summed E-state index contributed by atoms with van der Waals surface area (Å²) in [5.41, 5.74) is 2.31. The SMILES string of the molecule is C=C1COc2ccc(CCCCC)cc2OC1. The van der Waals surface area contributed by atoms with Crippen LogP contribution in [-0.4, -0.2) is 13.2 Å². The van der Waals surface area contributed by atoms with Crippen molar-refractivity contribution >= 4 is 0 Å². The van der Waals surface area contributed by atoms with E-state index in [2.05, 4.69) is 25.6 Å². The fourth-order valence-electron chi connectivity index (χ4n) is 1.92. The lowest BCUT2D eigenvalue weighted by atomic mass is 10.1. The van der Waals surface area contributed by atoms with E-state index in [1.807, 2.05) is 6.07 Å². The predicted molar refractivity (Wildman–Crippen MR) is 69.8 cm³/mol. The Bertz CT molecular complexity index is 396. The minimum absolute atomic E-state index is 0.558. The summed E-state index contributed by atoms with van der Waals surface area (Å²) in [6.07, 6.45) is 4.89. The molecule has 0 aliphatic carbocycles. The zero-order chi connectivity index (χ0) is 12.1. The van der Waals surface area contributed by atoms with Crippen molar-refractivity contribution < 1.29 is 9.47 Å². The standard InChI is InChI=1S/C15H20O2/c1-3-4-5-6-13-7-8-14-15(9-13)17-11-12(2)10-16-14/h7-9H,2-6,10-11H2,1H3. The quantitative estimate of drug-likeness (QED) is 0.581. The van der Waals surface area contributed by atoms with Gasteiger partial charge in [-0.15, -0.1) is 0 Å². The molecule has 17 heavy (non-hydrogen) atoms. The Hall–Kier alpha value is -1.44. The molecule has 0 N–H and O–H groups in total. The van der Waals surface area contributed by atoms with Gasteiger partial charge < -0.3 is 9.47 Å². The third kappa shape index (κ3) is 3.26. The van der Waals surface area contributed by atoms with Gasteiger partial charge in [0.2, 0.25) is 0 Å². The van der Waals surface area contributed by atoms with Crippen LogP contribution in [0.15, 0.2) is 30.4 Å². The summed E-state index contributed by atoms with van der Waals surface area (Å²) in [4.78, 5) is 0. The molecule has 2 rings (SSSR count). The third-order valence-electron chi connectivity index (χ3n) is 2.94. The summed E-state index contributed by atoms with van der Waals surface area (Å²) in [5, 5.41) is 0. The molecular weight excluding hydrogens is 212 g/mol. The fraction of sp³-hybridized carbons (Fsp3) is 0.467. The molecule has 0 bridgehead atoms. The number of ether oxygens (including phenoxy) is 2. The minimum Gasteiger partial charge on any atom is -0.485 e. The van der Waals surface area contributed by atoms with Gasteiger partial charge in [-0.25, -0.2) is 0 Å². The topological polar surface area (TPSA) is 18.5 Å². The van der Waals surface area contributed by atoms with E-state index >= 15 is 0 Å². The van der Waals surface area contributed by atoms with E-state index in [1.54, 1.807) is 0 Å². The van der Waals surface area contributed by atoms with Crippen molar-refractivity contribution in [1.82, 2.24) is 0 Å². The summed E-state index contributed by atoms with van der Waals surface area (Å²) >= 11 is 0. The number of benzene rings is 1. The molecule has 0 fully saturated rings. The maximum atomic E-state index is 5.68. The van der Waals surface area contributed by atoms with Gasteiger partial charge in [-0.3, -0.25) is 0 Å². The second-order valence-corrected chi connectivity index (χ2v) is 4.57. The fourth-order valence-corrected chi connectivity index (χ4v) is 1.92. The van der Waals surface area contributed by atoms with E-state index in [0.717, 1.165) is 23.5 Å². The lowest BCUT2D eigenvalue weighted by Gasteiger charge is -2.08. The van der Waals surface area contributed by atoms with Crippen molar-refractivity contribution in [2.24, 2.45) is 0 Å². The van der Waals surface area contributed by atoms with E-state index in [9.17, 15) is 0 Å². The van der Waals surface area contributed by atoms with E-state index in [-0.39, 0.29) is 0 Å². The molecule has 0 radical (unpaired) electrons. The Kier molecular flexibility index (Phi) is 4.08. The highest BCUT2D eigenvalue weighted by Gasteiger charge is 2.12. The largest absolute Gasteiger partial charge is 0.485 e. The Morgan fingerprint density at radius 2 is 1.88 bits per heavy atom. The van der Waals surface area contributed by atoms with Crippen molar-refractivity contribution in [2.45, 2.75) is 32.6 Å². The van der Waals surface area contributed by atoms with Gasteiger partial charge in [0.25, 0.3) is 0 Å². The molecule has 0 spiro atoms. The smallest absolute Gasteiger partial charge is 0.161 e. The van der Waals surface area contributed by atoms with Gasteiger partial charge in [0, 0.05) is 0 Å². The molecule has 1 heterocycles. The molecule has 0 unspecified atom stereocenters. The number of hydrogen-bond donors (Lipinski definition) is 0.